The molecule has 0 aromatic rings. The monoisotopic (exact) mass is 257 g/mol. The second-order valence-corrected chi connectivity index (χ2v) is 5.48. The van der Waals surface area contributed by atoms with E-state index in [2.05, 4.69) is 0 Å². The topological polar surface area (TPSA) is 66.8 Å². The Bertz CT molecular complexity index is 314. The number of methoxy groups -OCH3 is 1. The highest BCUT2D eigenvalue weighted by Crippen LogP contribution is 2.23. The van der Waals surface area contributed by atoms with Gasteiger partial charge in [0, 0.05) is 19.7 Å². The fourth-order valence-electron chi connectivity index (χ4n) is 2.28. The smallest absolute Gasteiger partial charge is 0.305 e. The Kier molecular flexibility index (Phi) is 5.14. The number of piperidine rings is 1. The molecule has 1 atom stereocenters. The zero-order valence-corrected chi connectivity index (χ0v) is 11.4. The molecule has 0 saturated carbocycles. The maximum atomic E-state index is 12.2. The zero-order valence-electron chi connectivity index (χ0n) is 11.4. The molecule has 0 aromatic carbocycles. The van der Waals surface area contributed by atoms with Crippen LogP contribution in [0.5, 0.6) is 0 Å². The maximum Gasteiger partial charge on any atom is 0.305 e. The molecule has 1 fully saturated rings. The van der Waals surface area contributed by atoms with E-state index in [1.165, 1.54) is 0 Å². The summed E-state index contributed by atoms with van der Waals surface area (Å²) in [6, 6.07) is -0.156. The first kappa shape index (κ1) is 15.0. The van der Waals surface area contributed by atoms with Gasteiger partial charge < -0.3 is 14.7 Å². The minimum Gasteiger partial charge on any atom is -0.481 e. The molecule has 18 heavy (non-hydrogen) atoms. The van der Waals surface area contributed by atoms with Gasteiger partial charge in [-0.25, -0.2) is 0 Å². The molecule has 0 aromatic heterocycles. The first-order valence-corrected chi connectivity index (χ1v) is 6.42. The summed E-state index contributed by atoms with van der Waals surface area (Å²) >= 11 is 0. The second-order valence-electron chi connectivity index (χ2n) is 5.48. The van der Waals surface area contributed by atoms with Crippen molar-refractivity contribution in [2.45, 2.75) is 57.6 Å². The minimum absolute atomic E-state index is 0.00667. The van der Waals surface area contributed by atoms with Crippen LogP contribution in [0.1, 0.15) is 46.0 Å². The lowest BCUT2D eigenvalue weighted by Crippen LogP contribution is -2.47. The van der Waals surface area contributed by atoms with E-state index in [1.54, 1.807) is 12.0 Å². The molecule has 1 N–H and O–H groups in total. The van der Waals surface area contributed by atoms with Crippen LogP contribution in [0.4, 0.5) is 0 Å². The van der Waals surface area contributed by atoms with Crippen molar-refractivity contribution in [3.8, 4) is 0 Å². The van der Waals surface area contributed by atoms with Gasteiger partial charge in [-0.1, -0.05) is 0 Å². The van der Waals surface area contributed by atoms with Gasteiger partial charge in [-0.15, -0.1) is 0 Å². The first-order chi connectivity index (χ1) is 8.35. The molecule has 1 heterocycles. The molecule has 1 amide bonds. The van der Waals surface area contributed by atoms with Gasteiger partial charge in [0.2, 0.25) is 5.91 Å². The van der Waals surface area contributed by atoms with E-state index in [0.29, 0.717) is 13.0 Å². The van der Waals surface area contributed by atoms with E-state index in [-0.39, 0.29) is 18.4 Å². The molecule has 1 aliphatic rings. The lowest BCUT2D eigenvalue weighted by atomic mass is 9.96. The highest BCUT2D eigenvalue weighted by Gasteiger charge is 2.31. The third-order valence-corrected chi connectivity index (χ3v) is 3.49. The fraction of sp³-hybridized carbons (Fsp3) is 0.846. The third kappa shape index (κ3) is 4.29. The predicted octanol–water partition coefficient (Wildman–Crippen LogP) is 1.66. The molecule has 1 aliphatic heterocycles. The normalized spacial score (nSPS) is 20.8. The van der Waals surface area contributed by atoms with Crippen LogP contribution < -0.4 is 0 Å². The van der Waals surface area contributed by atoms with E-state index in [4.69, 9.17) is 9.84 Å². The van der Waals surface area contributed by atoms with Gasteiger partial charge >= 0.3 is 5.97 Å². The van der Waals surface area contributed by atoms with Crippen molar-refractivity contribution in [1.29, 1.82) is 0 Å². The largest absolute Gasteiger partial charge is 0.481 e. The summed E-state index contributed by atoms with van der Waals surface area (Å²) in [6.45, 7) is 4.39. The molecule has 1 rings (SSSR count). The van der Waals surface area contributed by atoms with Crippen LogP contribution in [0.15, 0.2) is 0 Å². The lowest BCUT2D eigenvalue weighted by molar-refractivity contribution is -0.144. The Balaban J connectivity index is 2.65. The number of nitrogens with zero attached hydrogens (tertiary/aromatic N) is 1. The van der Waals surface area contributed by atoms with Crippen LogP contribution in [-0.4, -0.2) is 47.2 Å². The standard InChI is InChI=1S/C13H23NO4/c1-13(2,18-3)9-11(15)14-7-5-4-6-10(14)8-12(16)17/h10H,4-9H2,1-3H3,(H,16,17). The Hall–Kier alpha value is -1.10. The molecule has 104 valence electrons. The Morgan fingerprint density at radius 1 is 1.39 bits per heavy atom. The number of carboxylic acid groups (broad SMARTS) is 1. The van der Waals surface area contributed by atoms with E-state index in [9.17, 15) is 9.59 Å². The second kappa shape index (κ2) is 6.18. The van der Waals surface area contributed by atoms with E-state index in [1.807, 2.05) is 13.8 Å². The summed E-state index contributed by atoms with van der Waals surface area (Å²) < 4.78 is 5.25. The highest BCUT2D eigenvalue weighted by molar-refractivity contribution is 5.78. The Morgan fingerprint density at radius 3 is 2.61 bits per heavy atom. The van der Waals surface area contributed by atoms with Gasteiger partial charge in [-0.3, -0.25) is 9.59 Å². The number of likely N-dealkylation sites (tertiary alicyclic amines) is 1. The molecule has 5 heteroatoms. The molecule has 0 aliphatic carbocycles. The zero-order chi connectivity index (χ0) is 13.8. The average molecular weight is 257 g/mol. The number of hydrogen-bond donors (Lipinski definition) is 1. The van der Waals surface area contributed by atoms with Crippen molar-refractivity contribution in [3.63, 3.8) is 0 Å². The summed E-state index contributed by atoms with van der Waals surface area (Å²) in [4.78, 5) is 24.8. The highest BCUT2D eigenvalue weighted by atomic mass is 16.5. The van der Waals surface area contributed by atoms with Crippen LogP contribution >= 0.6 is 0 Å². The quantitative estimate of drug-likeness (QED) is 0.813. The van der Waals surface area contributed by atoms with Gasteiger partial charge in [-0.2, -0.15) is 0 Å². The summed E-state index contributed by atoms with van der Waals surface area (Å²) in [5, 5.41) is 8.88. The van der Waals surface area contributed by atoms with Crippen LogP contribution in [0.25, 0.3) is 0 Å². The van der Waals surface area contributed by atoms with E-state index < -0.39 is 11.6 Å². The molecule has 0 spiro atoms. The molecule has 0 radical (unpaired) electrons. The lowest BCUT2D eigenvalue weighted by Gasteiger charge is -2.37. The molecular weight excluding hydrogens is 234 g/mol. The van der Waals surface area contributed by atoms with Crippen LogP contribution in [-0.2, 0) is 14.3 Å². The number of carboxylic acids is 1. The van der Waals surface area contributed by atoms with Gasteiger partial charge in [0.25, 0.3) is 0 Å². The molecule has 1 saturated heterocycles. The number of amides is 1. The van der Waals surface area contributed by atoms with E-state index in [0.717, 1.165) is 19.3 Å². The SMILES string of the molecule is COC(C)(C)CC(=O)N1CCCCC1CC(=O)O. The van der Waals surface area contributed by atoms with Crippen molar-refractivity contribution in [2.75, 3.05) is 13.7 Å². The van der Waals surface area contributed by atoms with Crippen molar-refractivity contribution in [2.24, 2.45) is 0 Å². The number of ether oxygens (including phenoxy) is 1. The van der Waals surface area contributed by atoms with Gasteiger partial charge in [0.05, 0.1) is 18.4 Å². The van der Waals surface area contributed by atoms with Crippen molar-refractivity contribution < 1.29 is 19.4 Å². The Labute approximate surface area is 108 Å². The summed E-state index contributed by atoms with van der Waals surface area (Å²) in [6.07, 6.45) is 3.06. The average Bonchev–Trinajstić information content (AvgIpc) is 2.28. The van der Waals surface area contributed by atoms with E-state index >= 15 is 0 Å². The summed E-state index contributed by atoms with van der Waals surface area (Å²) in [5.74, 6) is -0.849. The maximum absolute atomic E-state index is 12.2. The number of rotatable bonds is 5. The van der Waals surface area contributed by atoms with Crippen molar-refractivity contribution in [1.82, 2.24) is 4.90 Å². The third-order valence-electron chi connectivity index (χ3n) is 3.49. The molecular formula is C13H23NO4. The van der Waals surface area contributed by atoms with Gasteiger partial charge in [-0.05, 0) is 33.1 Å². The van der Waals surface area contributed by atoms with Crippen LogP contribution in [0.2, 0.25) is 0 Å². The molecule has 1 unspecified atom stereocenters. The molecule has 5 nitrogen and oxygen atoms in total. The predicted molar refractivity (Wildman–Crippen MR) is 67.3 cm³/mol. The summed E-state index contributed by atoms with van der Waals surface area (Å²) in [5.41, 5.74) is -0.498. The number of carbonyl (C=O) groups is 2. The van der Waals surface area contributed by atoms with Crippen LogP contribution in [0, 0.1) is 0 Å². The number of hydrogen-bond acceptors (Lipinski definition) is 3. The van der Waals surface area contributed by atoms with Gasteiger partial charge in [0.15, 0.2) is 0 Å². The van der Waals surface area contributed by atoms with Gasteiger partial charge in [0.1, 0.15) is 0 Å². The Morgan fingerprint density at radius 2 is 2.06 bits per heavy atom. The summed E-state index contributed by atoms with van der Waals surface area (Å²) in [7, 11) is 1.58. The number of carbonyl (C=O) groups excluding carboxylic acids is 1. The minimum atomic E-state index is -0.842. The van der Waals surface area contributed by atoms with Crippen molar-refractivity contribution in [3.05, 3.63) is 0 Å². The number of aliphatic carboxylic acids is 1. The van der Waals surface area contributed by atoms with Crippen LogP contribution in [0.3, 0.4) is 0 Å². The molecule has 0 bridgehead atoms. The van der Waals surface area contributed by atoms with Crippen molar-refractivity contribution >= 4 is 11.9 Å². The fourth-order valence-corrected chi connectivity index (χ4v) is 2.28. The first-order valence-electron chi connectivity index (χ1n) is 6.42.